The third kappa shape index (κ3) is 3.30. The number of benzene rings is 1. The van der Waals surface area contributed by atoms with Crippen LogP contribution < -0.4 is 10.6 Å². The Hall–Kier alpha value is -0.870. The summed E-state index contributed by atoms with van der Waals surface area (Å²) >= 11 is 3.40. The Morgan fingerprint density at radius 2 is 2.18 bits per heavy atom. The van der Waals surface area contributed by atoms with Gasteiger partial charge in [-0.15, -0.1) is 0 Å². The fraction of sp³-hybridized carbons (Fsp3) is 0.462. The van der Waals surface area contributed by atoms with Gasteiger partial charge in [-0.2, -0.15) is 0 Å². The van der Waals surface area contributed by atoms with Crippen molar-refractivity contribution in [1.82, 2.24) is 10.6 Å². The molecule has 1 unspecified atom stereocenters. The Bertz CT molecular complexity index is 385. The molecule has 0 bridgehead atoms. The monoisotopic (exact) mass is 296 g/mol. The van der Waals surface area contributed by atoms with E-state index in [9.17, 15) is 4.79 Å². The Balaban J connectivity index is 1.93. The molecule has 4 heteroatoms. The zero-order chi connectivity index (χ0) is 12.3. The van der Waals surface area contributed by atoms with Crippen LogP contribution in [0, 0.1) is 0 Å². The lowest BCUT2D eigenvalue weighted by molar-refractivity contribution is -0.123. The molecule has 0 saturated carbocycles. The molecule has 2 rings (SSSR count). The van der Waals surface area contributed by atoms with Gasteiger partial charge in [0.05, 0.1) is 12.1 Å². The van der Waals surface area contributed by atoms with E-state index in [0.29, 0.717) is 0 Å². The van der Waals surface area contributed by atoms with Crippen LogP contribution in [0.3, 0.4) is 0 Å². The van der Waals surface area contributed by atoms with Crippen LogP contribution in [0.25, 0.3) is 0 Å². The van der Waals surface area contributed by atoms with Gasteiger partial charge in [0.25, 0.3) is 0 Å². The maximum Gasteiger partial charge on any atom is 0.237 e. The van der Waals surface area contributed by atoms with E-state index in [-0.39, 0.29) is 18.0 Å². The highest BCUT2D eigenvalue weighted by atomic mass is 79.9. The third-order valence-corrected chi connectivity index (χ3v) is 3.63. The number of hydrogen-bond acceptors (Lipinski definition) is 2. The minimum atomic E-state index is -0.00658. The summed E-state index contributed by atoms with van der Waals surface area (Å²) in [6, 6.07) is 8.08. The molecule has 1 aliphatic heterocycles. The highest BCUT2D eigenvalue weighted by molar-refractivity contribution is 9.10. The average Bonchev–Trinajstić information content (AvgIpc) is 2.83. The van der Waals surface area contributed by atoms with E-state index in [4.69, 9.17) is 0 Å². The summed E-state index contributed by atoms with van der Waals surface area (Å²) in [5, 5.41) is 6.24. The van der Waals surface area contributed by atoms with Gasteiger partial charge in [0.2, 0.25) is 5.91 Å². The SMILES string of the molecule is C[C@H](NC(=O)C1CCCN1)c1ccc(Br)cc1. The van der Waals surface area contributed by atoms with Crippen molar-refractivity contribution in [3.05, 3.63) is 34.3 Å². The smallest absolute Gasteiger partial charge is 0.237 e. The van der Waals surface area contributed by atoms with Crippen molar-refractivity contribution in [2.75, 3.05) is 6.54 Å². The molecule has 0 spiro atoms. The Labute approximate surface area is 110 Å². The number of carbonyl (C=O) groups excluding carboxylic acids is 1. The number of halogens is 1. The summed E-state index contributed by atoms with van der Waals surface area (Å²) < 4.78 is 1.05. The second-order valence-corrected chi connectivity index (χ2v) is 5.35. The van der Waals surface area contributed by atoms with E-state index in [0.717, 1.165) is 29.4 Å². The molecule has 0 aromatic heterocycles. The molecule has 2 N–H and O–H groups in total. The summed E-state index contributed by atoms with van der Waals surface area (Å²) in [7, 11) is 0. The van der Waals surface area contributed by atoms with Crippen molar-refractivity contribution >= 4 is 21.8 Å². The third-order valence-electron chi connectivity index (χ3n) is 3.11. The number of carbonyl (C=O) groups is 1. The second kappa shape index (κ2) is 5.65. The van der Waals surface area contributed by atoms with Gasteiger partial charge in [-0.3, -0.25) is 4.79 Å². The Kier molecular flexibility index (Phi) is 4.18. The first kappa shape index (κ1) is 12.6. The fourth-order valence-electron chi connectivity index (χ4n) is 2.06. The summed E-state index contributed by atoms with van der Waals surface area (Å²) in [6.07, 6.45) is 2.03. The molecule has 1 saturated heterocycles. The molecule has 3 nitrogen and oxygen atoms in total. The zero-order valence-corrected chi connectivity index (χ0v) is 11.5. The van der Waals surface area contributed by atoms with Gasteiger partial charge in [0.1, 0.15) is 0 Å². The van der Waals surface area contributed by atoms with Gasteiger partial charge in [0, 0.05) is 4.47 Å². The van der Waals surface area contributed by atoms with Gasteiger partial charge in [0.15, 0.2) is 0 Å². The predicted molar refractivity (Wildman–Crippen MR) is 71.7 cm³/mol. The van der Waals surface area contributed by atoms with Crippen LogP contribution in [0.15, 0.2) is 28.7 Å². The van der Waals surface area contributed by atoms with E-state index in [1.54, 1.807) is 0 Å². The minimum absolute atomic E-state index is 0.00658. The number of hydrogen-bond donors (Lipinski definition) is 2. The van der Waals surface area contributed by atoms with Crippen LogP contribution in [0.1, 0.15) is 31.4 Å². The second-order valence-electron chi connectivity index (χ2n) is 4.43. The molecule has 2 atom stereocenters. The summed E-state index contributed by atoms with van der Waals surface area (Å²) in [6.45, 7) is 2.96. The van der Waals surface area contributed by atoms with Crippen molar-refractivity contribution in [2.45, 2.75) is 31.8 Å². The number of amides is 1. The van der Waals surface area contributed by atoms with Crippen LogP contribution in [0.5, 0.6) is 0 Å². The van der Waals surface area contributed by atoms with Gasteiger partial charge in [-0.1, -0.05) is 28.1 Å². The molecule has 0 aliphatic carbocycles. The van der Waals surface area contributed by atoms with Gasteiger partial charge < -0.3 is 10.6 Å². The molecule has 1 fully saturated rings. The quantitative estimate of drug-likeness (QED) is 0.899. The van der Waals surface area contributed by atoms with Gasteiger partial charge in [-0.25, -0.2) is 0 Å². The van der Waals surface area contributed by atoms with Crippen LogP contribution in [-0.4, -0.2) is 18.5 Å². The van der Waals surface area contributed by atoms with Crippen molar-refractivity contribution in [3.8, 4) is 0 Å². The van der Waals surface area contributed by atoms with E-state index in [1.807, 2.05) is 31.2 Å². The molecule has 1 heterocycles. The molecule has 1 aliphatic rings. The Morgan fingerprint density at radius 1 is 1.47 bits per heavy atom. The predicted octanol–water partition coefficient (Wildman–Crippen LogP) is 2.38. The van der Waals surface area contributed by atoms with E-state index in [1.165, 1.54) is 0 Å². The number of rotatable bonds is 3. The maximum atomic E-state index is 11.9. The van der Waals surface area contributed by atoms with Crippen LogP contribution >= 0.6 is 15.9 Å². The maximum absolute atomic E-state index is 11.9. The average molecular weight is 297 g/mol. The van der Waals surface area contributed by atoms with Crippen molar-refractivity contribution < 1.29 is 4.79 Å². The first-order valence-electron chi connectivity index (χ1n) is 5.96. The Morgan fingerprint density at radius 3 is 2.76 bits per heavy atom. The summed E-state index contributed by atoms with van der Waals surface area (Å²) in [5.74, 6) is 0.109. The van der Waals surface area contributed by atoms with Crippen LogP contribution in [0.2, 0.25) is 0 Å². The van der Waals surface area contributed by atoms with Crippen LogP contribution in [-0.2, 0) is 4.79 Å². The molecule has 1 amide bonds. The lowest BCUT2D eigenvalue weighted by Crippen LogP contribution is -2.41. The summed E-state index contributed by atoms with van der Waals surface area (Å²) in [5.41, 5.74) is 1.12. The van der Waals surface area contributed by atoms with Gasteiger partial charge in [-0.05, 0) is 44.0 Å². The first-order valence-corrected chi connectivity index (χ1v) is 6.75. The largest absolute Gasteiger partial charge is 0.348 e. The molecule has 17 heavy (non-hydrogen) atoms. The molecular formula is C13H17BrN2O. The summed E-state index contributed by atoms with van der Waals surface area (Å²) in [4.78, 5) is 11.9. The molecule has 1 aromatic carbocycles. The molecule has 0 radical (unpaired) electrons. The standard InChI is InChI=1S/C13H17BrN2O/c1-9(10-4-6-11(14)7-5-10)16-13(17)12-3-2-8-15-12/h4-7,9,12,15H,2-3,8H2,1H3,(H,16,17)/t9-,12?/m0/s1. The van der Waals surface area contributed by atoms with Crippen molar-refractivity contribution in [3.63, 3.8) is 0 Å². The van der Waals surface area contributed by atoms with E-state index < -0.39 is 0 Å². The van der Waals surface area contributed by atoms with Crippen molar-refractivity contribution in [1.29, 1.82) is 0 Å². The van der Waals surface area contributed by atoms with E-state index in [2.05, 4.69) is 26.6 Å². The van der Waals surface area contributed by atoms with E-state index >= 15 is 0 Å². The first-order chi connectivity index (χ1) is 8.16. The van der Waals surface area contributed by atoms with Crippen LogP contribution in [0.4, 0.5) is 0 Å². The molecular weight excluding hydrogens is 280 g/mol. The lowest BCUT2D eigenvalue weighted by Gasteiger charge is -2.17. The molecule has 92 valence electrons. The zero-order valence-electron chi connectivity index (χ0n) is 9.87. The van der Waals surface area contributed by atoms with Crippen molar-refractivity contribution in [2.24, 2.45) is 0 Å². The minimum Gasteiger partial charge on any atom is -0.348 e. The highest BCUT2D eigenvalue weighted by Crippen LogP contribution is 2.17. The van der Waals surface area contributed by atoms with Gasteiger partial charge >= 0.3 is 0 Å². The highest BCUT2D eigenvalue weighted by Gasteiger charge is 2.23. The number of nitrogens with one attached hydrogen (secondary N) is 2. The normalized spacial score (nSPS) is 21.2. The lowest BCUT2D eigenvalue weighted by atomic mass is 10.1. The molecule has 1 aromatic rings. The fourth-order valence-corrected chi connectivity index (χ4v) is 2.32. The topological polar surface area (TPSA) is 41.1 Å².